The Balaban J connectivity index is 1.74. The topological polar surface area (TPSA) is 61.6 Å². The van der Waals surface area contributed by atoms with Crippen LogP contribution in [-0.4, -0.2) is 30.9 Å². The van der Waals surface area contributed by atoms with E-state index in [-0.39, 0.29) is 12.2 Å². The van der Waals surface area contributed by atoms with Crippen LogP contribution in [0.5, 0.6) is 0 Å². The molecule has 106 valence electrons. The number of quaternary nitrogens is 1. The highest BCUT2D eigenvalue weighted by molar-refractivity contribution is 5.98. The molecule has 3 rings (SSSR count). The second-order valence-corrected chi connectivity index (χ2v) is 5.85. The molecule has 1 aliphatic heterocycles. The van der Waals surface area contributed by atoms with Crippen molar-refractivity contribution in [2.24, 2.45) is 0 Å². The summed E-state index contributed by atoms with van der Waals surface area (Å²) < 4.78 is 0. The molecule has 4 nitrogen and oxygen atoms in total. The van der Waals surface area contributed by atoms with Gasteiger partial charge in [0.1, 0.15) is 19.1 Å². The van der Waals surface area contributed by atoms with E-state index < -0.39 is 12.0 Å². The first-order valence-corrected chi connectivity index (χ1v) is 7.35. The summed E-state index contributed by atoms with van der Waals surface area (Å²) in [7, 11) is 0. The number of fused-ring (bicyclic) bond motifs is 1. The second kappa shape index (κ2) is 5.37. The Morgan fingerprint density at radius 2 is 1.85 bits per heavy atom. The number of benzene rings is 1. The predicted octanol–water partition coefficient (Wildman–Crippen LogP) is -0.845. The van der Waals surface area contributed by atoms with Crippen molar-refractivity contribution in [3.05, 3.63) is 34.9 Å². The third-order valence-electron chi connectivity index (χ3n) is 4.38. The first-order valence-electron chi connectivity index (χ1n) is 7.35. The molecule has 1 saturated heterocycles. The number of aliphatic carboxylic acids is 1. The van der Waals surface area contributed by atoms with E-state index in [1.54, 1.807) is 0 Å². The Morgan fingerprint density at radius 1 is 1.15 bits per heavy atom. The zero-order chi connectivity index (χ0) is 14.1. The molecule has 0 radical (unpaired) electrons. The number of Topliss-reactive ketones (excluding diaryl/α,β-unsaturated/α-hetero) is 1. The number of aryl methyl sites for hydroxylation is 2. The average Bonchev–Trinajstić information content (AvgIpc) is 3.28. The molecule has 2 aliphatic rings. The van der Waals surface area contributed by atoms with E-state index in [0.717, 1.165) is 30.8 Å². The number of carboxylic acid groups (broad SMARTS) is 1. The average molecular weight is 273 g/mol. The predicted molar refractivity (Wildman–Crippen MR) is 71.5 cm³/mol. The molecule has 0 spiro atoms. The number of carboxylic acids is 1. The Bertz CT molecular complexity index is 549. The van der Waals surface area contributed by atoms with Crippen LogP contribution in [0.15, 0.2) is 18.2 Å². The monoisotopic (exact) mass is 273 g/mol. The van der Waals surface area contributed by atoms with Crippen LogP contribution < -0.4 is 10.0 Å². The second-order valence-electron chi connectivity index (χ2n) is 5.85. The van der Waals surface area contributed by atoms with Crippen LogP contribution in [-0.2, 0) is 17.6 Å². The van der Waals surface area contributed by atoms with Gasteiger partial charge in [-0.3, -0.25) is 4.79 Å². The molecule has 1 N–H and O–H groups in total. The highest BCUT2D eigenvalue weighted by Crippen LogP contribution is 2.22. The van der Waals surface area contributed by atoms with Gasteiger partial charge in [-0.15, -0.1) is 0 Å². The molecule has 4 heteroatoms. The van der Waals surface area contributed by atoms with Gasteiger partial charge in [0, 0.05) is 5.56 Å². The Kier molecular flexibility index (Phi) is 3.57. The number of rotatable bonds is 5. The Morgan fingerprint density at radius 3 is 2.50 bits per heavy atom. The summed E-state index contributed by atoms with van der Waals surface area (Å²) >= 11 is 0. The van der Waals surface area contributed by atoms with Crippen LogP contribution >= 0.6 is 0 Å². The van der Waals surface area contributed by atoms with E-state index >= 15 is 0 Å². The lowest BCUT2D eigenvalue weighted by Gasteiger charge is -2.18. The van der Waals surface area contributed by atoms with E-state index in [1.165, 1.54) is 24.0 Å². The van der Waals surface area contributed by atoms with Crippen molar-refractivity contribution in [3.63, 3.8) is 0 Å². The van der Waals surface area contributed by atoms with Crippen molar-refractivity contribution in [3.8, 4) is 0 Å². The minimum atomic E-state index is -1.11. The van der Waals surface area contributed by atoms with Crippen molar-refractivity contribution in [1.29, 1.82) is 0 Å². The molecule has 0 unspecified atom stereocenters. The van der Waals surface area contributed by atoms with Crippen LogP contribution in [0.1, 0.15) is 40.7 Å². The van der Waals surface area contributed by atoms with E-state index in [2.05, 4.69) is 0 Å². The van der Waals surface area contributed by atoms with Crippen LogP contribution in [0, 0.1) is 0 Å². The summed E-state index contributed by atoms with van der Waals surface area (Å²) in [5.74, 6) is -1.18. The quantitative estimate of drug-likeness (QED) is 0.562. The van der Waals surface area contributed by atoms with Gasteiger partial charge in [-0.05, 0) is 42.9 Å². The zero-order valence-electron chi connectivity index (χ0n) is 11.5. The van der Waals surface area contributed by atoms with Gasteiger partial charge in [-0.25, -0.2) is 0 Å². The first-order chi connectivity index (χ1) is 9.65. The summed E-state index contributed by atoms with van der Waals surface area (Å²) in [6.45, 7) is 1.66. The number of hydrogen-bond donors (Lipinski definition) is 1. The SMILES string of the molecule is O=C(C[C@@H](C(=O)[O-])[NH+]1CC1)c1ccc2c(c1)CCCC2. The fourth-order valence-corrected chi connectivity index (χ4v) is 3.03. The largest absolute Gasteiger partial charge is 0.544 e. The highest BCUT2D eigenvalue weighted by atomic mass is 16.4. The van der Waals surface area contributed by atoms with Gasteiger partial charge in [-0.1, -0.05) is 12.1 Å². The molecule has 0 bridgehead atoms. The van der Waals surface area contributed by atoms with Gasteiger partial charge in [-0.2, -0.15) is 0 Å². The number of nitrogens with one attached hydrogen (secondary N) is 1. The number of hydrogen-bond acceptors (Lipinski definition) is 3. The van der Waals surface area contributed by atoms with E-state index in [9.17, 15) is 14.7 Å². The molecule has 1 aromatic carbocycles. The zero-order valence-corrected chi connectivity index (χ0v) is 11.5. The lowest BCUT2D eigenvalue weighted by atomic mass is 9.89. The molecule has 1 aromatic rings. The van der Waals surface area contributed by atoms with E-state index in [0.29, 0.717) is 5.56 Å². The number of ketones is 1. The van der Waals surface area contributed by atoms with Gasteiger partial charge in [0.25, 0.3) is 0 Å². The summed E-state index contributed by atoms with van der Waals surface area (Å²) in [4.78, 5) is 24.3. The molecule has 20 heavy (non-hydrogen) atoms. The van der Waals surface area contributed by atoms with Gasteiger partial charge >= 0.3 is 0 Å². The van der Waals surface area contributed by atoms with Crippen LogP contribution in [0.4, 0.5) is 0 Å². The molecule has 0 amide bonds. The first kappa shape index (κ1) is 13.3. The van der Waals surface area contributed by atoms with Gasteiger partial charge in [0.05, 0.1) is 12.4 Å². The lowest BCUT2D eigenvalue weighted by Crippen LogP contribution is -3.00. The summed E-state index contributed by atoms with van der Waals surface area (Å²) in [6, 6.07) is 5.15. The van der Waals surface area contributed by atoms with Crippen molar-refractivity contribution in [2.45, 2.75) is 38.1 Å². The molecule has 0 aromatic heterocycles. The molecule has 1 heterocycles. The lowest BCUT2D eigenvalue weighted by molar-refractivity contribution is -0.782. The van der Waals surface area contributed by atoms with Crippen LogP contribution in [0.25, 0.3) is 0 Å². The van der Waals surface area contributed by atoms with E-state index in [1.807, 2.05) is 18.2 Å². The fourth-order valence-electron chi connectivity index (χ4n) is 3.03. The summed E-state index contributed by atoms with van der Waals surface area (Å²) in [5, 5.41) is 11.1. The minimum absolute atomic E-state index is 0.0520. The molecule has 1 aliphatic carbocycles. The number of carbonyl (C=O) groups excluding carboxylic acids is 2. The van der Waals surface area contributed by atoms with Crippen LogP contribution in [0.3, 0.4) is 0 Å². The number of carbonyl (C=O) groups is 2. The van der Waals surface area contributed by atoms with Gasteiger partial charge in [0.2, 0.25) is 0 Å². The van der Waals surface area contributed by atoms with Crippen molar-refractivity contribution < 1.29 is 19.6 Å². The molecule has 1 fully saturated rings. The molecule has 0 saturated carbocycles. The maximum absolute atomic E-state index is 12.3. The van der Waals surface area contributed by atoms with Gasteiger partial charge in [0.15, 0.2) is 5.78 Å². The van der Waals surface area contributed by atoms with E-state index in [4.69, 9.17) is 0 Å². The van der Waals surface area contributed by atoms with Gasteiger partial charge < -0.3 is 14.8 Å². The smallest absolute Gasteiger partial charge is 0.169 e. The maximum atomic E-state index is 12.3. The standard InChI is InChI=1S/C16H19NO3/c18-15(10-14(16(19)20)17-7-8-17)13-6-5-11-3-1-2-4-12(11)9-13/h5-6,9,14H,1-4,7-8,10H2,(H,19,20)/t14-/m0/s1. The molecular weight excluding hydrogens is 254 g/mol. The third-order valence-corrected chi connectivity index (χ3v) is 4.38. The minimum Gasteiger partial charge on any atom is -0.544 e. The fraction of sp³-hybridized carbons (Fsp3) is 0.500. The third kappa shape index (κ3) is 2.75. The maximum Gasteiger partial charge on any atom is 0.169 e. The highest BCUT2D eigenvalue weighted by Gasteiger charge is 2.35. The summed E-state index contributed by atoms with van der Waals surface area (Å²) in [5.41, 5.74) is 3.24. The summed E-state index contributed by atoms with van der Waals surface area (Å²) in [6.07, 6.45) is 4.55. The van der Waals surface area contributed by atoms with Crippen molar-refractivity contribution >= 4 is 11.8 Å². The van der Waals surface area contributed by atoms with Crippen LogP contribution in [0.2, 0.25) is 0 Å². The molecule has 1 atom stereocenters. The Labute approximate surface area is 118 Å². The Hall–Kier alpha value is -1.68. The van der Waals surface area contributed by atoms with Crippen molar-refractivity contribution in [1.82, 2.24) is 0 Å². The molecular formula is C16H19NO3. The van der Waals surface area contributed by atoms with Crippen molar-refractivity contribution in [2.75, 3.05) is 13.1 Å². The normalized spacial score (nSPS) is 19.2.